The standard InChI is InChI=1S/C16H32N2O/c1-3-5-6-7-8-11-16(19)18-13-9-10-15(14-18)17-12-4-2/h15,17H,3-14H2,1-2H3. The average molecular weight is 268 g/mol. The summed E-state index contributed by atoms with van der Waals surface area (Å²) in [5.41, 5.74) is 0. The van der Waals surface area contributed by atoms with Crippen LogP contribution >= 0.6 is 0 Å². The van der Waals surface area contributed by atoms with Crippen molar-refractivity contribution in [3.63, 3.8) is 0 Å². The van der Waals surface area contributed by atoms with Gasteiger partial charge in [-0.2, -0.15) is 0 Å². The minimum atomic E-state index is 0.375. The number of nitrogens with zero attached hydrogens (tertiary/aromatic N) is 1. The first-order valence-electron chi connectivity index (χ1n) is 8.29. The summed E-state index contributed by atoms with van der Waals surface area (Å²) in [6.07, 6.45) is 10.4. The van der Waals surface area contributed by atoms with Crippen molar-refractivity contribution in [2.45, 2.75) is 77.7 Å². The summed E-state index contributed by atoms with van der Waals surface area (Å²) in [5.74, 6) is 0.375. The summed E-state index contributed by atoms with van der Waals surface area (Å²) < 4.78 is 0. The second kappa shape index (κ2) is 10.2. The molecule has 1 aliphatic heterocycles. The molecule has 1 amide bonds. The second-order valence-electron chi connectivity index (χ2n) is 5.80. The lowest BCUT2D eigenvalue weighted by molar-refractivity contribution is -0.132. The fraction of sp³-hybridized carbons (Fsp3) is 0.938. The van der Waals surface area contributed by atoms with Crippen LogP contribution in [0.5, 0.6) is 0 Å². The lowest BCUT2D eigenvalue weighted by Gasteiger charge is -2.33. The summed E-state index contributed by atoms with van der Waals surface area (Å²) in [7, 11) is 0. The maximum Gasteiger partial charge on any atom is 0.222 e. The molecule has 19 heavy (non-hydrogen) atoms. The molecule has 1 N–H and O–H groups in total. The SMILES string of the molecule is CCCCCCCC(=O)N1CCCC(NCCC)C1. The first kappa shape index (κ1) is 16.5. The molecule has 0 bridgehead atoms. The molecule has 1 atom stereocenters. The van der Waals surface area contributed by atoms with Crippen LogP contribution in [0.4, 0.5) is 0 Å². The summed E-state index contributed by atoms with van der Waals surface area (Å²) in [5, 5.41) is 3.55. The van der Waals surface area contributed by atoms with Crippen molar-refractivity contribution in [2.24, 2.45) is 0 Å². The number of likely N-dealkylation sites (tertiary alicyclic amines) is 1. The molecule has 112 valence electrons. The smallest absolute Gasteiger partial charge is 0.222 e. The first-order chi connectivity index (χ1) is 9.27. The highest BCUT2D eigenvalue weighted by Gasteiger charge is 2.22. The van der Waals surface area contributed by atoms with Gasteiger partial charge < -0.3 is 10.2 Å². The number of carbonyl (C=O) groups excluding carboxylic acids is 1. The van der Waals surface area contributed by atoms with E-state index in [1.165, 1.54) is 38.5 Å². The van der Waals surface area contributed by atoms with Gasteiger partial charge in [0.2, 0.25) is 5.91 Å². The molecule has 3 nitrogen and oxygen atoms in total. The van der Waals surface area contributed by atoms with E-state index in [9.17, 15) is 4.79 Å². The number of nitrogens with one attached hydrogen (secondary N) is 1. The quantitative estimate of drug-likeness (QED) is 0.651. The van der Waals surface area contributed by atoms with Gasteiger partial charge in [0, 0.05) is 25.6 Å². The van der Waals surface area contributed by atoms with Crippen LogP contribution in [-0.4, -0.2) is 36.5 Å². The minimum absolute atomic E-state index is 0.375. The Kier molecular flexibility index (Phi) is 8.89. The molecule has 1 aliphatic rings. The fourth-order valence-electron chi connectivity index (χ4n) is 2.76. The number of unbranched alkanes of at least 4 members (excludes halogenated alkanes) is 4. The number of hydrogen-bond acceptors (Lipinski definition) is 2. The van der Waals surface area contributed by atoms with E-state index < -0.39 is 0 Å². The van der Waals surface area contributed by atoms with Gasteiger partial charge in [0.25, 0.3) is 0 Å². The molecule has 0 saturated carbocycles. The van der Waals surface area contributed by atoms with Crippen LogP contribution in [0, 0.1) is 0 Å². The summed E-state index contributed by atoms with van der Waals surface area (Å²) in [6.45, 7) is 7.38. The topological polar surface area (TPSA) is 32.3 Å². The third-order valence-electron chi connectivity index (χ3n) is 3.95. The molecule has 0 radical (unpaired) electrons. The number of rotatable bonds is 9. The van der Waals surface area contributed by atoms with Crippen LogP contribution in [0.2, 0.25) is 0 Å². The Morgan fingerprint density at radius 1 is 1.16 bits per heavy atom. The number of amides is 1. The zero-order valence-electron chi connectivity index (χ0n) is 12.9. The highest BCUT2D eigenvalue weighted by molar-refractivity contribution is 5.76. The van der Waals surface area contributed by atoms with Gasteiger partial charge in [-0.3, -0.25) is 4.79 Å². The largest absolute Gasteiger partial charge is 0.341 e. The Balaban J connectivity index is 2.16. The third kappa shape index (κ3) is 6.95. The molecule has 1 heterocycles. The average Bonchev–Trinajstić information content (AvgIpc) is 2.45. The predicted octanol–water partition coefficient (Wildman–Crippen LogP) is 3.34. The van der Waals surface area contributed by atoms with Crippen molar-refractivity contribution < 1.29 is 4.79 Å². The molecular weight excluding hydrogens is 236 g/mol. The van der Waals surface area contributed by atoms with Crippen LogP contribution in [0.15, 0.2) is 0 Å². The van der Waals surface area contributed by atoms with Crippen LogP contribution in [0.3, 0.4) is 0 Å². The molecule has 0 aromatic carbocycles. The molecule has 0 aliphatic carbocycles. The Bertz CT molecular complexity index is 243. The summed E-state index contributed by atoms with van der Waals surface area (Å²) in [4.78, 5) is 14.2. The molecule has 0 aromatic heterocycles. The number of carbonyl (C=O) groups is 1. The van der Waals surface area contributed by atoms with Crippen molar-refractivity contribution in [1.82, 2.24) is 10.2 Å². The highest BCUT2D eigenvalue weighted by atomic mass is 16.2. The highest BCUT2D eigenvalue weighted by Crippen LogP contribution is 2.13. The van der Waals surface area contributed by atoms with Crippen molar-refractivity contribution in [3.05, 3.63) is 0 Å². The minimum Gasteiger partial charge on any atom is -0.341 e. The van der Waals surface area contributed by atoms with Crippen LogP contribution in [0.1, 0.15) is 71.6 Å². The van der Waals surface area contributed by atoms with Crippen molar-refractivity contribution in [1.29, 1.82) is 0 Å². The van der Waals surface area contributed by atoms with Crippen molar-refractivity contribution >= 4 is 5.91 Å². The normalized spacial score (nSPS) is 19.7. The Labute approximate surface area is 119 Å². The molecule has 0 spiro atoms. The Morgan fingerprint density at radius 3 is 2.68 bits per heavy atom. The monoisotopic (exact) mass is 268 g/mol. The number of hydrogen-bond donors (Lipinski definition) is 1. The van der Waals surface area contributed by atoms with Gasteiger partial charge in [0.15, 0.2) is 0 Å². The van der Waals surface area contributed by atoms with E-state index in [1.807, 2.05) is 0 Å². The molecular formula is C16H32N2O. The van der Waals surface area contributed by atoms with Gasteiger partial charge in [-0.15, -0.1) is 0 Å². The van der Waals surface area contributed by atoms with Gasteiger partial charge >= 0.3 is 0 Å². The van der Waals surface area contributed by atoms with E-state index in [2.05, 4.69) is 24.1 Å². The van der Waals surface area contributed by atoms with E-state index in [-0.39, 0.29) is 0 Å². The molecule has 1 fully saturated rings. The molecule has 1 unspecified atom stereocenters. The Morgan fingerprint density at radius 2 is 1.95 bits per heavy atom. The first-order valence-corrected chi connectivity index (χ1v) is 8.29. The lowest BCUT2D eigenvalue weighted by Crippen LogP contribution is -2.48. The van der Waals surface area contributed by atoms with Gasteiger partial charge in [-0.05, 0) is 32.2 Å². The maximum absolute atomic E-state index is 12.1. The van der Waals surface area contributed by atoms with Crippen LogP contribution in [-0.2, 0) is 4.79 Å². The molecule has 0 aromatic rings. The third-order valence-corrected chi connectivity index (χ3v) is 3.95. The zero-order chi connectivity index (χ0) is 13.9. The van der Waals surface area contributed by atoms with Gasteiger partial charge in [-0.25, -0.2) is 0 Å². The summed E-state index contributed by atoms with van der Waals surface area (Å²) >= 11 is 0. The summed E-state index contributed by atoms with van der Waals surface area (Å²) in [6, 6.07) is 0.526. The van der Waals surface area contributed by atoms with Gasteiger partial charge in [0.1, 0.15) is 0 Å². The Hall–Kier alpha value is -0.570. The van der Waals surface area contributed by atoms with Crippen molar-refractivity contribution in [2.75, 3.05) is 19.6 Å². The van der Waals surface area contributed by atoms with Crippen molar-refractivity contribution in [3.8, 4) is 0 Å². The second-order valence-corrected chi connectivity index (χ2v) is 5.80. The van der Waals surface area contributed by atoms with E-state index in [0.29, 0.717) is 11.9 Å². The van der Waals surface area contributed by atoms with E-state index >= 15 is 0 Å². The molecule has 1 saturated heterocycles. The molecule has 1 rings (SSSR count). The van der Waals surface area contributed by atoms with E-state index in [0.717, 1.165) is 38.9 Å². The van der Waals surface area contributed by atoms with Gasteiger partial charge in [-0.1, -0.05) is 39.5 Å². The predicted molar refractivity (Wildman–Crippen MR) is 81.3 cm³/mol. The van der Waals surface area contributed by atoms with Crippen LogP contribution < -0.4 is 5.32 Å². The van der Waals surface area contributed by atoms with Gasteiger partial charge in [0.05, 0.1) is 0 Å². The number of piperidine rings is 1. The maximum atomic E-state index is 12.1. The fourth-order valence-corrected chi connectivity index (χ4v) is 2.76. The lowest BCUT2D eigenvalue weighted by atomic mass is 10.0. The molecule has 3 heteroatoms. The van der Waals surface area contributed by atoms with Crippen LogP contribution in [0.25, 0.3) is 0 Å². The van der Waals surface area contributed by atoms with E-state index in [4.69, 9.17) is 0 Å². The zero-order valence-corrected chi connectivity index (χ0v) is 12.9. The van der Waals surface area contributed by atoms with E-state index in [1.54, 1.807) is 0 Å².